The Labute approximate surface area is 119 Å². The van der Waals surface area contributed by atoms with E-state index in [1.54, 1.807) is 0 Å². The average molecular weight is 268 g/mol. The number of carbonyl (C=O) groups is 1. The monoisotopic (exact) mass is 268 g/mol. The van der Waals surface area contributed by atoms with Crippen LogP contribution in [0.1, 0.15) is 85.0 Å². The van der Waals surface area contributed by atoms with Crippen LogP contribution in [0.4, 0.5) is 0 Å². The molecule has 1 N–H and O–H groups in total. The first-order valence-electron chi connectivity index (χ1n) is 8.31. The molecule has 0 saturated heterocycles. The van der Waals surface area contributed by atoms with Gasteiger partial charge in [-0.3, -0.25) is 4.79 Å². The minimum Gasteiger partial charge on any atom is -0.481 e. The number of carboxylic acids is 1. The van der Waals surface area contributed by atoms with Crippen molar-refractivity contribution >= 4 is 5.97 Å². The van der Waals surface area contributed by atoms with Gasteiger partial charge in [0.2, 0.25) is 0 Å². The van der Waals surface area contributed by atoms with E-state index in [1.165, 1.54) is 19.3 Å². The number of unbranched alkanes of at least 4 members (excludes halogenated alkanes) is 1. The van der Waals surface area contributed by atoms with Crippen molar-refractivity contribution in [2.24, 2.45) is 17.3 Å². The number of aliphatic carboxylic acids is 1. The summed E-state index contributed by atoms with van der Waals surface area (Å²) < 4.78 is 0. The topological polar surface area (TPSA) is 37.3 Å². The Morgan fingerprint density at radius 2 is 1.79 bits per heavy atom. The molecule has 2 heteroatoms. The third kappa shape index (κ3) is 4.50. The molecule has 0 bridgehead atoms. The lowest BCUT2D eigenvalue weighted by Gasteiger charge is -2.39. The molecule has 0 aromatic rings. The molecule has 0 amide bonds. The quantitative estimate of drug-likeness (QED) is 0.651. The van der Waals surface area contributed by atoms with Crippen LogP contribution in [0.15, 0.2) is 0 Å². The van der Waals surface area contributed by atoms with Gasteiger partial charge in [0.15, 0.2) is 0 Å². The van der Waals surface area contributed by atoms with Crippen molar-refractivity contribution < 1.29 is 9.90 Å². The van der Waals surface area contributed by atoms with Gasteiger partial charge in [-0.25, -0.2) is 0 Å². The van der Waals surface area contributed by atoms with Gasteiger partial charge in [-0.15, -0.1) is 0 Å². The Kier molecular flexibility index (Phi) is 6.88. The summed E-state index contributed by atoms with van der Waals surface area (Å²) in [5.74, 6) is 0.839. The molecular weight excluding hydrogens is 236 g/mol. The van der Waals surface area contributed by atoms with Crippen LogP contribution < -0.4 is 0 Å². The van der Waals surface area contributed by atoms with E-state index in [9.17, 15) is 9.90 Å². The smallest absolute Gasteiger partial charge is 0.309 e. The molecule has 1 saturated carbocycles. The highest BCUT2D eigenvalue weighted by molar-refractivity contribution is 5.74. The summed E-state index contributed by atoms with van der Waals surface area (Å²) in [5.41, 5.74) is -0.403. The Hall–Kier alpha value is -0.530. The summed E-state index contributed by atoms with van der Waals surface area (Å²) in [6, 6.07) is 0. The van der Waals surface area contributed by atoms with Crippen molar-refractivity contribution in [3.63, 3.8) is 0 Å². The summed E-state index contributed by atoms with van der Waals surface area (Å²) in [7, 11) is 0. The van der Waals surface area contributed by atoms with Crippen LogP contribution in [0.5, 0.6) is 0 Å². The molecule has 2 nitrogen and oxygen atoms in total. The van der Waals surface area contributed by atoms with Gasteiger partial charge in [0.1, 0.15) is 0 Å². The summed E-state index contributed by atoms with van der Waals surface area (Å²) in [5, 5.41) is 9.69. The number of hydrogen-bond donors (Lipinski definition) is 1. The predicted molar refractivity (Wildman–Crippen MR) is 80.2 cm³/mol. The summed E-state index contributed by atoms with van der Waals surface area (Å²) in [4.78, 5) is 11.8. The second-order valence-electron chi connectivity index (χ2n) is 6.56. The van der Waals surface area contributed by atoms with Crippen molar-refractivity contribution in [2.75, 3.05) is 0 Å². The molecule has 0 aromatic carbocycles. The third-order valence-corrected chi connectivity index (χ3v) is 5.32. The molecule has 1 rings (SSSR count). The lowest BCUT2D eigenvalue weighted by Crippen LogP contribution is -2.37. The van der Waals surface area contributed by atoms with Crippen LogP contribution in [0.25, 0.3) is 0 Å². The van der Waals surface area contributed by atoms with E-state index in [0.29, 0.717) is 5.92 Å². The van der Waals surface area contributed by atoms with E-state index < -0.39 is 11.4 Å². The fourth-order valence-electron chi connectivity index (χ4n) is 3.65. The second-order valence-corrected chi connectivity index (χ2v) is 6.56. The molecule has 1 aliphatic carbocycles. The standard InChI is InChI=1S/C17H32O2/c1-4-7-8-15-9-11-17(12-10-15,16(18)19)13-14(5-2)6-3/h14-15H,4-13H2,1-3H3,(H,18,19). The van der Waals surface area contributed by atoms with E-state index >= 15 is 0 Å². The Morgan fingerprint density at radius 1 is 1.21 bits per heavy atom. The first kappa shape index (κ1) is 16.5. The van der Waals surface area contributed by atoms with Gasteiger partial charge in [0.25, 0.3) is 0 Å². The van der Waals surface area contributed by atoms with Gasteiger partial charge < -0.3 is 5.11 Å². The van der Waals surface area contributed by atoms with E-state index in [4.69, 9.17) is 0 Å². The average Bonchev–Trinajstić information content (AvgIpc) is 2.43. The largest absolute Gasteiger partial charge is 0.481 e. The maximum absolute atomic E-state index is 11.8. The van der Waals surface area contributed by atoms with Gasteiger partial charge >= 0.3 is 5.97 Å². The molecule has 0 unspecified atom stereocenters. The molecule has 1 fully saturated rings. The van der Waals surface area contributed by atoms with Crippen LogP contribution in [0.2, 0.25) is 0 Å². The molecule has 1 aliphatic rings. The summed E-state index contributed by atoms with van der Waals surface area (Å²) >= 11 is 0. The minimum atomic E-state index is -0.534. The zero-order valence-electron chi connectivity index (χ0n) is 13.1. The SMILES string of the molecule is CCCCC1CCC(CC(CC)CC)(C(=O)O)CC1. The molecule has 19 heavy (non-hydrogen) atoms. The van der Waals surface area contributed by atoms with Crippen molar-refractivity contribution in [1.82, 2.24) is 0 Å². The summed E-state index contributed by atoms with van der Waals surface area (Å²) in [6.45, 7) is 6.62. The fourth-order valence-corrected chi connectivity index (χ4v) is 3.65. The summed E-state index contributed by atoms with van der Waals surface area (Å²) in [6.07, 6.45) is 11.1. The molecule has 112 valence electrons. The number of hydrogen-bond acceptors (Lipinski definition) is 1. The second kappa shape index (κ2) is 7.91. The van der Waals surface area contributed by atoms with Gasteiger partial charge in [-0.2, -0.15) is 0 Å². The zero-order valence-corrected chi connectivity index (χ0v) is 13.1. The minimum absolute atomic E-state index is 0.403. The highest BCUT2D eigenvalue weighted by atomic mass is 16.4. The van der Waals surface area contributed by atoms with Gasteiger partial charge in [-0.05, 0) is 43.9 Å². The van der Waals surface area contributed by atoms with E-state index in [-0.39, 0.29) is 0 Å². The molecule has 0 atom stereocenters. The van der Waals surface area contributed by atoms with Crippen molar-refractivity contribution in [3.8, 4) is 0 Å². The Balaban J connectivity index is 2.58. The first-order chi connectivity index (χ1) is 9.07. The Morgan fingerprint density at radius 3 is 2.21 bits per heavy atom. The van der Waals surface area contributed by atoms with Crippen molar-refractivity contribution in [3.05, 3.63) is 0 Å². The fraction of sp³-hybridized carbons (Fsp3) is 0.941. The van der Waals surface area contributed by atoms with E-state index in [1.807, 2.05) is 0 Å². The molecule has 0 spiro atoms. The number of carboxylic acid groups (broad SMARTS) is 1. The van der Waals surface area contributed by atoms with Gasteiger partial charge in [0, 0.05) is 0 Å². The van der Waals surface area contributed by atoms with Crippen molar-refractivity contribution in [1.29, 1.82) is 0 Å². The van der Waals surface area contributed by atoms with Crippen LogP contribution >= 0.6 is 0 Å². The van der Waals surface area contributed by atoms with Crippen LogP contribution in [-0.2, 0) is 4.79 Å². The van der Waals surface area contributed by atoms with Gasteiger partial charge in [-0.1, -0.05) is 52.9 Å². The van der Waals surface area contributed by atoms with Crippen LogP contribution in [-0.4, -0.2) is 11.1 Å². The highest BCUT2D eigenvalue weighted by Crippen LogP contribution is 2.45. The molecular formula is C17H32O2. The highest BCUT2D eigenvalue weighted by Gasteiger charge is 2.42. The van der Waals surface area contributed by atoms with Crippen LogP contribution in [0.3, 0.4) is 0 Å². The van der Waals surface area contributed by atoms with Crippen LogP contribution in [0, 0.1) is 17.3 Å². The molecule has 0 aliphatic heterocycles. The molecule has 0 aromatic heterocycles. The maximum atomic E-state index is 11.8. The lowest BCUT2D eigenvalue weighted by molar-refractivity contribution is -0.153. The van der Waals surface area contributed by atoms with Gasteiger partial charge in [0.05, 0.1) is 5.41 Å². The van der Waals surface area contributed by atoms with E-state index in [2.05, 4.69) is 20.8 Å². The zero-order chi connectivity index (χ0) is 14.3. The molecule has 0 heterocycles. The van der Waals surface area contributed by atoms with E-state index in [0.717, 1.165) is 50.9 Å². The molecule has 0 radical (unpaired) electrons. The maximum Gasteiger partial charge on any atom is 0.309 e. The lowest BCUT2D eigenvalue weighted by atomic mass is 9.65. The first-order valence-corrected chi connectivity index (χ1v) is 8.31. The number of rotatable bonds is 8. The third-order valence-electron chi connectivity index (χ3n) is 5.32. The predicted octanol–water partition coefficient (Wildman–Crippen LogP) is 5.26. The normalized spacial score (nSPS) is 27.7. The Bertz CT molecular complexity index is 260. The van der Waals surface area contributed by atoms with Crippen molar-refractivity contribution in [2.45, 2.75) is 85.0 Å².